The molecule has 1 unspecified atom stereocenters. The Morgan fingerprint density at radius 3 is 2.53 bits per heavy atom. The van der Waals surface area contributed by atoms with Gasteiger partial charge >= 0.3 is 0 Å². The van der Waals surface area contributed by atoms with Crippen LogP contribution in [0.25, 0.3) is 0 Å². The van der Waals surface area contributed by atoms with Gasteiger partial charge in [0.05, 0.1) is 17.4 Å². The number of carbonyl (C=O) groups excluding carboxylic acids is 1. The number of rotatable bonds is 5. The van der Waals surface area contributed by atoms with Gasteiger partial charge in [0, 0.05) is 0 Å². The van der Waals surface area contributed by atoms with Gasteiger partial charge in [-0.15, -0.1) is 0 Å². The highest BCUT2D eigenvalue weighted by atomic mass is 16.5. The van der Waals surface area contributed by atoms with Crippen LogP contribution in [0, 0.1) is 5.92 Å². The second-order valence-corrected chi connectivity index (χ2v) is 4.64. The van der Waals surface area contributed by atoms with Gasteiger partial charge in [0.2, 0.25) is 0 Å². The van der Waals surface area contributed by atoms with Crippen LogP contribution in [0.3, 0.4) is 0 Å². The highest BCUT2D eigenvalue weighted by Gasteiger charge is 2.13. The van der Waals surface area contributed by atoms with E-state index in [9.17, 15) is 4.79 Å². The molecular weight excluding hydrogens is 216 g/mol. The van der Waals surface area contributed by atoms with Gasteiger partial charge in [0.1, 0.15) is 5.75 Å². The molecule has 4 heteroatoms. The molecule has 1 aromatic carbocycles. The first-order chi connectivity index (χ1) is 7.91. The van der Waals surface area contributed by atoms with Crippen molar-refractivity contribution in [3.63, 3.8) is 0 Å². The van der Waals surface area contributed by atoms with E-state index in [0.717, 1.165) is 6.42 Å². The largest absolute Gasteiger partial charge is 0.489 e. The minimum atomic E-state index is -0.538. The van der Waals surface area contributed by atoms with E-state index in [4.69, 9.17) is 16.2 Å². The zero-order chi connectivity index (χ0) is 13.0. The van der Waals surface area contributed by atoms with E-state index in [1.165, 1.54) is 0 Å². The summed E-state index contributed by atoms with van der Waals surface area (Å²) in [6, 6.07) is 5.06. The third-order valence-electron chi connectivity index (χ3n) is 2.46. The van der Waals surface area contributed by atoms with Crippen LogP contribution in [0.4, 0.5) is 5.69 Å². The number of nitrogen functional groups attached to an aromatic ring is 1. The van der Waals surface area contributed by atoms with Crippen LogP contribution in [-0.4, -0.2) is 12.0 Å². The molecule has 0 radical (unpaired) electrons. The van der Waals surface area contributed by atoms with Crippen LogP contribution in [-0.2, 0) is 0 Å². The van der Waals surface area contributed by atoms with Crippen molar-refractivity contribution in [1.82, 2.24) is 0 Å². The van der Waals surface area contributed by atoms with Crippen molar-refractivity contribution in [2.45, 2.75) is 33.3 Å². The zero-order valence-corrected chi connectivity index (χ0v) is 10.6. The number of anilines is 1. The van der Waals surface area contributed by atoms with Crippen molar-refractivity contribution < 1.29 is 9.53 Å². The Kier molecular flexibility index (Phi) is 4.37. The van der Waals surface area contributed by atoms with Crippen LogP contribution < -0.4 is 16.2 Å². The predicted octanol–water partition coefficient (Wildman–Crippen LogP) is 2.18. The molecule has 0 saturated carbocycles. The molecule has 0 aromatic heterocycles. The number of hydrogen-bond donors (Lipinski definition) is 2. The number of ether oxygens (including phenoxy) is 1. The van der Waals surface area contributed by atoms with E-state index in [-0.39, 0.29) is 6.10 Å². The monoisotopic (exact) mass is 236 g/mol. The van der Waals surface area contributed by atoms with Crippen LogP contribution in [0.1, 0.15) is 37.6 Å². The minimum absolute atomic E-state index is 0.0560. The number of hydrogen-bond acceptors (Lipinski definition) is 3. The van der Waals surface area contributed by atoms with Crippen molar-refractivity contribution in [1.29, 1.82) is 0 Å². The van der Waals surface area contributed by atoms with Gasteiger partial charge in [-0.05, 0) is 31.4 Å². The molecule has 0 aliphatic carbocycles. The molecule has 4 nitrogen and oxygen atoms in total. The molecule has 0 saturated heterocycles. The van der Waals surface area contributed by atoms with Crippen molar-refractivity contribution in [3.8, 4) is 5.75 Å². The normalized spacial score (nSPS) is 12.5. The molecule has 1 rings (SSSR count). The van der Waals surface area contributed by atoms with Crippen LogP contribution in [0.5, 0.6) is 5.75 Å². The second kappa shape index (κ2) is 5.57. The molecule has 0 bridgehead atoms. The van der Waals surface area contributed by atoms with E-state index in [0.29, 0.717) is 22.9 Å². The number of benzene rings is 1. The Morgan fingerprint density at radius 2 is 2.00 bits per heavy atom. The van der Waals surface area contributed by atoms with Crippen molar-refractivity contribution in [2.24, 2.45) is 11.7 Å². The molecule has 1 aromatic rings. The molecule has 1 amide bonds. The molecule has 0 spiro atoms. The van der Waals surface area contributed by atoms with Crippen molar-refractivity contribution in [3.05, 3.63) is 23.8 Å². The quantitative estimate of drug-likeness (QED) is 0.769. The van der Waals surface area contributed by atoms with E-state index in [1.54, 1.807) is 18.2 Å². The summed E-state index contributed by atoms with van der Waals surface area (Å²) in [4.78, 5) is 11.1. The number of carbonyl (C=O) groups is 1. The Balaban J connectivity index is 2.85. The Morgan fingerprint density at radius 1 is 1.35 bits per heavy atom. The lowest BCUT2D eigenvalue weighted by Crippen LogP contribution is -2.18. The number of primary amides is 1. The average molecular weight is 236 g/mol. The first kappa shape index (κ1) is 13.4. The van der Waals surface area contributed by atoms with Crippen LogP contribution in [0.2, 0.25) is 0 Å². The fourth-order valence-electron chi connectivity index (χ4n) is 1.79. The minimum Gasteiger partial charge on any atom is -0.489 e. The van der Waals surface area contributed by atoms with Gasteiger partial charge in [0.25, 0.3) is 5.91 Å². The van der Waals surface area contributed by atoms with Gasteiger partial charge in [-0.2, -0.15) is 0 Å². The lowest BCUT2D eigenvalue weighted by Gasteiger charge is -2.18. The fraction of sp³-hybridized carbons (Fsp3) is 0.462. The highest BCUT2D eigenvalue weighted by molar-refractivity contribution is 5.99. The average Bonchev–Trinajstić information content (AvgIpc) is 2.19. The first-order valence-electron chi connectivity index (χ1n) is 5.76. The summed E-state index contributed by atoms with van der Waals surface area (Å²) >= 11 is 0. The Bertz CT molecular complexity index is 402. The second-order valence-electron chi connectivity index (χ2n) is 4.64. The molecule has 0 heterocycles. The third-order valence-corrected chi connectivity index (χ3v) is 2.46. The maximum Gasteiger partial charge on any atom is 0.250 e. The molecule has 0 aliphatic heterocycles. The number of amides is 1. The van der Waals surface area contributed by atoms with Gasteiger partial charge < -0.3 is 16.2 Å². The van der Waals surface area contributed by atoms with Crippen LogP contribution >= 0.6 is 0 Å². The van der Waals surface area contributed by atoms with Gasteiger partial charge in [-0.25, -0.2) is 0 Å². The predicted molar refractivity (Wildman–Crippen MR) is 68.9 cm³/mol. The van der Waals surface area contributed by atoms with E-state index in [2.05, 4.69) is 13.8 Å². The molecule has 0 aliphatic rings. The summed E-state index contributed by atoms with van der Waals surface area (Å²) in [6.45, 7) is 6.24. The van der Waals surface area contributed by atoms with Gasteiger partial charge in [-0.3, -0.25) is 4.79 Å². The summed E-state index contributed by atoms with van der Waals surface area (Å²) in [5.41, 5.74) is 11.7. The van der Waals surface area contributed by atoms with Gasteiger partial charge in [0.15, 0.2) is 0 Å². The highest BCUT2D eigenvalue weighted by Crippen LogP contribution is 2.26. The van der Waals surface area contributed by atoms with E-state index < -0.39 is 5.91 Å². The topological polar surface area (TPSA) is 78.3 Å². The Labute approximate surface area is 102 Å². The zero-order valence-electron chi connectivity index (χ0n) is 10.6. The number of nitrogens with two attached hydrogens (primary N) is 2. The lowest BCUT2D eigenvalue weighted by molar-refractivity contribution is 0.100. The van der Waals surface area contributed by atoms with Crippen LogP contribution in [0.15, 0.2) is 18.2 Å². The van der Waals surface area contributed by atoms with Crippen molar-refractivity contribution in [2.75, 3.05) is 5.73 Å². The summed E-state index contributed by atoms with van der Waals surface area (Å²) in [6.07, 6.45) is 0.987. The summed E-state index contributed by atoms with van der Waals surface area (Å²) in [7, 11) is 0. The van der Waals surface area contributed by atoms with Crippen molar-refractivity contribution >= 4 is 11.6 Å². The van der Waals surface area contributed by atoms with Gasteiger partial charge in [-0.1, -0.05) is 19.9 Å². The molecule has 17 heavy (non-hydrogen) atoms. The smallest absolute Gasteiger partial charge is 0.250 e. The fourth-order valence-corrected chi connectivity index (χ4v) is 1.79. The third kappa shape index (κ3) is 3.66. The first-order valence-corrected chi connectivity index (χ1v) is 5.76. The summed E-state index contributed by atoms with van der Waals surface area (Å²) < 4.78 is 5.71. The summed E-state index contributed by atoms with van der Waals surface area (Å²) in [5, 5.41) is 0. The lowest BCUT2D eigenvalue weighted by atomic mass is 10.1. The molecule has 0 fully saturated rings. The molecular formula is C13H20N2O2. The maximum atomic E-state index is 11.1. The Hall–Kier alpha value is -1.71. The SMILES string of the molecule is CC(C)CC(C)Oc1cccc(C(N)=O)c1N. The van der Waals surface area contributed by atoms with E-state index in [1.807, 2.05) is 6.92 Å². The molecule has 1 atom stereocenters. The maximum absolute atomic E-state index is 11.1. The summed E-state index contributed by atoms with van der Waals surface area (Å²) in [5.74, 6) is 0.532. The number of para-hydroxylation sites is 1. The molecule has 4 N–H and O–H groups in total. The van der Waals surface area contributed by atoms with E-state index >= 15 is 0 Å². The standard InChI is InChI=1S/C13H20N2O2/c1-8(2)7-9(3)17-11-6-4-5-10(12(11)14)13(15)16/h4-6,8-9H,7,14H2,1-3H3,(H2,15,16). The molecule has 94 valence electrons.